The van der Waals surface area contributed by atoms with E-state index >= 15 is 0 Å². The van der Waals surface area contributed by atoms with Gasteiger partial charge < -0.3 is 5.73 Å². The molecule has 2 rings (SSSR count). The number of hydrogen-bond acceptors (Lipinski definition) is 2. The molecule has 0 saturated carbocycles. The summed E-state index contributed by atoms with van der Waals surface area (Å²) < 4.78 is 0.830. The van der Waals surface area contributed by atoms with Gasteiger partial charge in [-0.25, -0.2) is 4.98 Å². The van der Waals surface area contributed by atoms with Gasteiger partial charge >= 0.3 is 0 Å². The molecule has 1 amide bonds. The Morgan fingerprint density at radius 1 is 1.36 bits per heavy atom. The van der Waals surface area contributed by atoms with Crippen molar-refractivity contribution in [2.75, 3.05) is 0 Å². The number of nitrogens with zero attached hydrogens (tertiary/aromatic N) is 1. The van der Waals surface area contributed by atoms with Crippen molar-refractivity contribution in [3.63, 3.8) is 0 Å². The van der Waals surface area contributed by atoms with Crippen LogP contribution in [0.4, 0.5) is 0 Å². The summed E-state index contributed by atoms with van der Waals surface area (Å²) in [5, 5.41) is 0.970. The highest BCUT2D eigenvalue weighted by atomic mass is 79.9. The maximum Gasteiger partial charge on any atom is 0.267 e. The maximum atomic E-state index is 10.9. The predicted molar refractivity (Wildman–Crippen MR) is 58.0 cm³/mol. The van der Waals surface area contributed by atoms with Gasteiger partial charge in [0.15, 0.2) is 0 Å². The van der Waals surface area contributed by atoms with Crippen LogP contribution in [0.25, 0.3) is 10.9 Å². The smallest absolute Gasteiger partial charge is 0.267 e. The molecule has 0 spiro atoms. The summed E-state index contributed by atoms with van der Waals surface area (Å²) in [6, 6.07) is 9.18. The van der Waals surface area contributed by atoms with Gasteiger partial charge in [0, 0.05) is 9.86 Å². The topological polar surface area (TPSA) is 56.0 Å². The zero-order valence-electron chi connectivity index (χ0n) is 7.20. The molecule has 0 bridgehead atoms. The second kappa shape index (κ2) is 3.38. The van der Waals surface area contributed by atoms with Crippen molar-refractivity contribution in [1.82, 2.24) is 4.98 Å². The number of para-hydroxylation sites is 1. The van der Waals surface area contributed by atoms with E-state index in [2.05, 4.69) is 20.9 Å². The SMILES string of the molecule is NC(=O)c1cc(Br)c2ccccc2n1. The summed E-state index contributed by atoms with van der Waals surface area (Å²) >= 11 is 3.37. The number of carbonyl (C=O) groups is 1. The number of aromatic nitrogens is 1. The summed E-state index contributed by atoms with van der Waals surface area (Å²) in [6.45, 7) is 0. The number of fused-ring (bicyclic) bond motifs is 1. The van der Waals surface area contributed by atoms with E-state index in [9.17, 15) is 4.79 Å². The van der Waals surface area contributed by atoms with Crippen LogP contribution in [-0.2, 0) is 0 Å². The fourth-order valence-electron chi connectivity index (χ4n) is 1.26. The minimum Gasteiger partial charge on any atom is -0.364 e. The normalized spacial score (nSPS) is 10.4. The summed E-state index contributed by atoms with van der Waals surface area (Å²) in [7, 11) is 0. The van der Waals surface area contributed by atoms with Gasteiger partial charge in [0.2, 0.25) is 0 Å². The number of primary amides is 1. The van der Waals surface area contributed by atoms with E-state index in [1.807, 2.05) is 24.3 Å². The monoisotopic (exact) mass is 250 g/mol. The minimum atomic E-state index is -0.517. The Balaban J connectivity index is 2.78. The third-order valence-corrected chi connectivity index (χ3v) is 2.57. The average molecular weight is 251 g/mol. The molecule has 1 aromatic carbocycles. The lowest BCUT2D eigenvalue weighted by atomic mass is 10.2. The minimum absolute atomic E-state index is 0.274. The van der Waals surface area contributed by atoms with Gasteiger partial charge in [0.25, 0.3) is 5.91 Å². The Morgan fingerprint density at radius 3 is 2.79 bits per heavy atom. The highest BCUT2D eigenvalue weighted by Gasteiger charge is 2.06. The summed E-state index contributed by atoms with van der Waals surface area (Å²) in [5.74, 6) is -0.517. The summed E-state index contributed by atoms with van der Waals surface area (Å²) in [4.78, 5) is 15.1. The highest BCUT2D eigenvalue weighted by molar-refractivity contribution is 9.10. The number of pyridine rings is 1. The largest absolute Gasteiger partial charge is 0.364 e. The van der Waals surface area contributed by atoms with E-state index in [0.29, 0.717) is 0 Å². The van der Waals surface area contributed by atoms with Crippen LogP contribution in [0.15, 0.2) is 34.8 Å². The molecule has 0 saturated heterocycles. The van der Waals surface area contributed by atoms with Gasteiger partial charge in [-0.3, -0.25) is 4.79 Å². The van der Waals surface area contributed by atoms with Gasteiger partial charge in [0.05, 0.1) is 5.52 Å². The number of halogens is 1. The number of amides is 1. The van der Waals surface area contributed by atoms with Crippen LogP contribution in [0, 0.1) is 0 Å². The van der Waals surface area contributed by atoms with E-state index in [1.165, 1.54) is 0 Å². The van der Waals surface area contributed by atoms with Gasteiger partial charge in [-0.05, 0) is 12.1 Å². The number of rotatable bonds is 1. The van der Waals surface area contributed by atoms with Crippen molar-refractivity contribution in [1.29, 1.82) is 0 Å². The molecule has 0 aliphatic rings. The van der Waals surface area contributed by atoms with Crippen molar-refractivity contribution in [2.24, 2.45) is 5.73 Å². The molecule has 14 heavy (non-hydrogen) atoms. The summed E-state index contributed by atoms with van der Waals surface area (Å²) in [5.41, 5.74) is 6.18. The van der Waals surface area contributed by atoms with E-state index in [-0.39, 0.29) is 5.69 Å². The molecular weight excluding hydrogens is 244 g/mol. The quantitative estimate of drug-likeness (QED) is 0.843. The third kappa shape index (κ3) is 1.48. The molecule has 0 radical (unpaired) electrons. The van der Waals surface area contributed by atoms with Crippen LogP contribution in [0.1, 0.15) is 10.5 Å². The van der Waals surface area contributed by atoms with Gasteiger partial charge in [0.1, 0.15) is 5.69 Å². The first-order valence-electron chi connectivity index (χ1n) is 4.03. The molecule has 0 atom stereocenters. The second-order valence-corrected chi connectivity index (χ2v) is 3.73. The van der Waals surface area contributed by atoms with Crippen molar-refractivity contribution < 1.29 is 4.79 Å². The van der Waals surface area contributed by atoms with Gasteiger partial charge in [-0.15, -0.1) is 0 Å². The van der Waals surface area contributed by atoms with Gasteiger partial charge in [-0.2, -0.15) is 0 Å². The lowest BCUT2D eigenvalue weighted by Gasteiger charge is -2.01. The Bertz CT molecular complexity index is 510. The molecule has 2 N–H and O–H groups in total. The fraction of sp³-hybridized carbons (Fsp3) is 0. The predicted octanol–water partition coefficient (Wildman–Crippen LogP) is 2.10. The molecule has 0 aliphatic heterocycles. The zero-order chi connectivity index (χ0) is 10.1. The van der Waals surface area contributed by atoms with Crippen LogP contribution >= 0.6 is 15.9 Å². The van der Waals surface area contributed by atoms with Crippen LogP contribution in [-0.4, -0.2) is 10.9 Å². The van der Waals surface area contributed by atoms with Crippen LogP contribution in [0.5, 0.6) is 0 Å². The van der Waals surface area contributed by atoms with E-state index in [0.717, 1.165) is 15.4 Å². The Morgan fingerprint density at radius 2 is 2.07 bits per heavy atom. The molecule has 0 fully saturated rings. The molecule has 1 heterocycles. The Kier molecular flexibility index (Phi) is 2.21. The first kappa shape index (κ1) is 9.15. The molecule has 0 aliphatic carbocycles. The van der Waals surface area contributed by atoms with Crippen molar-refractivity contribution in [2.45, 2.75) is 0 Å². The Hall–Kier alpha value is -1.42. The molecule has 1 aromatic heterocycles. The highest BCUT2D eigenvalue weighted by Crippen LogP contribution is 2.22. The average Bonchev–Trinajstić information content (AvgIpc) is 2.17. The third-order valence-electron chi connectivity index (χ3n) is 1.92. The molecule has 2 aromatic rings. The van der Waals surface area contributed by atoms with E-state index < -0.39 is 5.91 Å². The fourth-order valence-corrected chi connectivity index (χ4v) is 1.81. The van der Waals surface area contributed by atoms with Crippen LogP contribution in [0.3, 0.4) is 0 Å². The lowest BCUT2D eigenvalue weighted by Crippen LogP contribution is -2.12. The van der Waals surface area contributed by atoms with E-state index in [4.69, 9.17) is 5.73 Å². The Labute approximate surface area is 89.1 Å². The number of benzene rings is 1. The van der Waals surface area contributed by atoms with Crippen molar-refractivity contribution in [3.8, 4) is 0 Å². The van der Waals surface area contributed by atoms with Crippen molar-refractivity contribution >= 4 is 32.7 Å². The first-order valence-corrected chi connectivity index (χ1v) is 4.83. The van der Waals surface area contributed by atoms with E-state index in [1.54, 1.807) is 6.07 Å². The summed E-state index contributed by atoms with van der Waals surface area (Å²) in [6.07, 6.45) is 0. The van der Waals surface area contributed by atoms with Gasteiger partial charge in [-0.1, -0.05) is 34.1 Å². The molecule has 70 valence electrons. The van der Waals surface area contributed by atoms with Crippen LogP contribution < -0.4 is 5.73 Å². The first-order chi connectivity index (χ1) is 6.68. The molecule has 0 unspecified atom stereocenters. The second-order valence-electron chi connectivity index (χ2n) is 2.87. The van der Waals surface area contributed by atoms with Crippen molar-refractivity contribution in [3.05, 3.63) is 40.5 Å². The molecule has 3 nitrogen and oxygen atoms in total. The number of nitrogens with two attached hydrogens (primary N) is 1. The van der Waals surface area contributed by atoms with Crippen LogP contribution in [0.2, 0.25) is 0 Å². The molecular formula is C10H7BrN2O. The lowest BCUT2D eigenvalue weighted by molar-refractivity contribution is 0.0996. The standard InChI is InChI=1S/C10H7BrN2O/c11-7-5-9(10(12)14)13-8-4-2-1-3-6(7)8/h1-5H,(H2,12,14). The number of hydrogen-bond donors (Lipinski definition) is 1. The maximum absolute atomic E-state index is 10.9. The molecule has 4 heteroatoms. The zero-order valence-corrected chi connectivity index (χ0v) is 8.78. The number of carbonyl (C=O) groups excluding carboxylic acids is 1.